The molecule has 0 aromatic carbocycles. The van der Waals surface area contributed by atoms with Gasteiger partial charge in [0.15, 0.2) is 12.6 Å². The van der Waals surface area contributed by atoms with Gasteiger partial charge in [0.1, 0.15) is 48.7 Å². The minimum absolute atomic E-state index is 0.462. The van der Waals surface area contributed by atoms with Gasteiger partial charge in [-0.3, -0.25) is 9.59 Å². The van der Waals surface area contributed by atoms with E-state index in [9.17, 15) is 40.2 Å². The van der Waals surface area contributed by atoms with Gasteiger partial charge in [-0.05, 0) is 0 Å². The van der Waals surface area contributed by atoms with Gasteiger partial charge in [-0.2, -0.15) is 0 Å². The second-order valence-electron chi connectivity index (χ2n) is 6.91. The molecule has 2 amide bonds. The molecule has 2 fully saturated rings. The van der Waals surface area contributed by atoms with E-state index in [1.807, 2.05) is 0 Å². The third-order valence-corrected chi connectivity index (χ3v) is 4.54. The summed E-state index contributed by atoms with van der Waals surface area (Å²) in [5, 5.41) is 78.8. The summed E-state index contributed by atoms with van der Waals surface area (Å²) >= 11 is 0. The molecule has 0 aromatic heterocycles. The molecular formula is C16H30N2O12. The van der Waals surface area contributed by atoms with Crippen LogP contribution in [0.25, 0.3) is 0 Å². The molecule has 10 atom stereocenters. The first-order valence-electron chi connectivity index (χ1n) is 9.09. The van der Waals surface area contributed by atoms with Crippen LogP contribution in [0.15, 0.2) is 0 Å². The monoisotopic (exact) mass is 442 g/mol. The van der Waals surface area contributed by atoms with E-state index in [2.05, 4.69) is 10.6 Å². The predicted octanol–water partition coefficient (Wildman–Crippen LogP) is -6.16. The van der Waals surface area contributed by atoms with Gasteiger partial charge in [-0.15, -0.1) is 0 Å². The minimum Gasteiger partial charge on any atom is -0.394 e. The molecule has 30 heavy (non-hydrogen) atoms. The van der Waals surface area contributed by atoms with Crippen molar-refractivity contribution in [2.75, 3.05) is 13.2 Å². The van der Waals surface area contributed by atoms with E-state index in [-0.39, 0.29) is 0 Å². The molecule has 2 rings (SSSR count). The Morgan fingerprint density at radius 1 is 0.667 bits per heavy atom. The normalized spacial score (nSPS) is 41.3. The number of rotatable bonds is 4. The molecular weight excluding hydrogens is 412 g/mol. The van der Waals surface area contributed by atoms with Crippen LogP contribution in [0.2, 0.25) is 0 Å². The molecule has 2 aliphatic heterocycles. The van der Waals surface area contributed by atoms with Crippen LogP contribution in [0.4, 0.5) is 0 Å². The van der Waals surface area contributed by atoms with E-state index in [0.29, 0.717) is 0 Å². The number of carbonyl (C=O) groups excluding carboxylic acids is 2. The Labute approximate surface area is 171 Å². The van der Waals surface area contributed by atoms with Crippen LogP contribution >= 0.6 is 0 Å². The van der Waals surface area contributed by atoms with Crippen molar-refractivity contribution in [3.63, 3.8) is 0 Å². The first kappa shape index (κ1) is 26.6. The Balaban J connectivity index is 0.000000300. The number of carbonyl (C=O) groups is 2. The van der Waals surface area contributed by atoms with Gasteiger partial charge in [0.05, 0.1) is 13.2 Å². The second kappa shape index (κ2) is 11.8. The Morgan fingerprint density at radius 3 is 1.20 bits per heavy atom. The quantitative estimate of drug-likeness (QED) is 0.196. The SMILES string of the molecule is CC(=O)N[C@@H]1C(O)O[C@H](CO)[C@@H](O)[C@@H]1O.CC(=O)N[C@H]1C(O)O[C@H](CO)[C@@H](O)[C@@H]1O. The van der Waals surface area contributed by atoms with E-state index in [1.54, 1.807) is 0 Å². The predicted molar refractivity (Wildman–Crippen MR) is 95.2 cm³/mol. The van der Waals surface area contributed by atoms with E-state index < -0.39 is 86.3 Å². The van der Waals surface area contributed by atoms with Crippen molar-refractivity contribution < 1.29 is 59.9 Å². The number of aliphatic hydroxyl groups excluding tert-OH is 8. The lowest BCUT2D eigenvalue weighted by Crippen LogP contribution is -2.63. The summed E-state index contributed by atoms with van der Waals surface area (Å²) in [6.07, 6.45) is -10.5. The molecule has 0 bridgehead atoms. The molecule has 0 saturated carbocycles. The van der Waals surface area contributed by atoms with Crippen molar-refractivity contribution in [2.45, 2.75) is 75.1 Å². The van der Waals surface area contributed by atoms with Crippen molar-refractivity contribution in [3.05, 3.63) is 0 Å². The third kappa shape index (κ3) is 6.78. The first-order valence-corrected chi connectivity index (χ1v) is 9.09. The Morgan fingerprint density at radius 2 is 0.967 bits per heavy atom. The highest BCUT2D eigenvalue weighted by atomic mass is 16.6. The molecule has 2 heterocycles. The average molecular weight is 442 g/mol. The number of aliphatic hydroxyl groups is 8. The van der Waals surface area contributed by atoms with Gasteiger partial charge in [0.25, 0.3) is 0 Å². The van der Waals surface area contributed by atoms with Crippen LogP contribution in [-0.4, -0.2) is 127 Å². The lowest BCUT2D eigenvalue weighted by molar-refractivity contribution is -0.253. The fourth-order valence-electron chi connectivity index (χ4n) is 2.98. The molecule has 0 aliphatic carbocycles. The van der Waals surface area contributed by atoms with Gasteiger partial charge in [-0.25, -0.2) is 0 Å². The first-order chi connectivity index (χ1) is 13.9. The van der Waals surface area contributed by atoms with Gasteiger partial charge in [0, 0.05) is 13.8 Å². The third-order valence-electron chi connectivity index (χ3n) is 4.54. The summed E-state index contributed by atoms with van der Waals surface area (Å²) in [6.45, 7) is 1.37. The van der Waals surface area contributed by atoms with Gasteiger partial charge in [0.2, 0.25) is 11.8 Å². The number of hydrogen-bond acceptors (Lipinski definition) is 12. The highest BCUT2D eigenvalue weighted by molar-refractivity contribution is 5.73. The Bertz CT molecular complexity index is 518. The summed E-state index contributed by atoms with van der Waals surface area (Å²) in [4.78, 5) is 21.5. The number of hydrogen-bond donors (Lipinski definition) is 10. The Kier molecular flexibility index (Phi) is 10.5. The highest BCUT2D eigenvalue weighted by Gasteiger charge is 2.44. The summed E-state index contributed by atoms with van der Waals surface area (Å²) in [7, 11) is 0. The molecule has 0 aromatic rings. The fraction of sp³-hybridized carbons (Fsp3) is 0.875. The molecule has 0 spiro atoms. The second-order valence-corrected chi connectivity index (χ2v) is 6.91. The van der Waals surface area contributed by atoms with Gasteiger partial charge >= 0.3 is 0 Å². The van der Waals surface area contributed by atoms with Gasteiger partial charge in [-0.1, -0.05) is 0 Å². The molecule has 10 N–H and O–H groups in total. The van der Waals surface area contributed by atoms with Crippen LogP contribution in [-0.2, 0) is 19.1 Å². The van der Waals surface area contributed by atoms with E-state index in [4.69, 9.17) is 19.7 Å². The largest absolute Gasteiger partial charge is 0.394 e. The van der Waals surface area contributed by atoms with Crippen LogP contribution in [0.1, 0.15) is 13.8 Å². The molecule has 2 unspecified atom stereocenters. The molecule has 14 heteroatoms. The maximum Gasteiger partial charge on any atom is 0.217 e. The zero-order chi connectivity index (χ0) is 23.2. The zero-order valence-corrected chi connectivity index (χ0v) is 16.4. The fourth-order valence-corrected chi connectivity index (χ4v) is 2.98. The Hall–Kier alpha value is -1.46. The van der Waals surface area contributed by atoms with Crippen LogP contribution < -0.4 is 10.6 Å². The van der Waals surface area contributed by atoms with E-state index in [0.717, 1.165) is 0 Å². The molecule has 2 aliphatic rings. The number of ether oxygens (including phenoxy) is 2. The van der Waals surface area contributed by atoms with Crippen LogP contribution in [0, 0.1) is 0 Å². The standard InChI is InChI=1S/2C8H15NO6/c2*1-3(11)9-5-7(13)6(12)4(2-10)15-8(5)14/h2*4-8,10,12-14H,2H2,1H3,(H,9,11)/t4-,5+,6-,7-,8?;4-,5-,6-,7-,8?/m11/s1. The molecule has 2 saturated heterocycles. The lowest BCUT2D eigenvalue weighted by atomic mass is 9.97. The number of nitrogens with one attached hydrogen (secondary N) is 2. The van der Waals surface area contributed by atoms with E-state index >= 15 is 0 Å². The summed E-state index contributed by atoms with van der Waals surface area (Å²) < 4.78 is 9.62. The number of amides is 2. The lowest BCUT2D eigenvalue weighted by Gasteiger charge is -2.40. The van der Waals surface area contributed by atoms with E-state index in [1.165, 1.54) is 13.8 Å². The van der Waals surface area contributed by atoms with Crippen molar-refractivity contribution in [1.82, 2.24) is 10.6 Å². The topological polar surface area (TPSA) is 238 Å². The summed E-state index contributed by atoms with van der Waals surface area (Å²) in [5.41, 5.74) is 0. The zero-order valence-electron chi connectivity index (χ0n) is 16.4. The maximum atomic E-state index is 10.7. The minimum atomic E-state index is -1.45. The molecule has 176 valence electrons. The summed E-state index contributed by atoms with van der Waals surface area (Å²) in [6, 6.07) is -2.19. The van der Waals surface area contributed by atoms with Crippen molar-refractivity contribution >= 4 is 11.8 Å². The van der Waals surface area contributed by atoms with Crippen molar-refractivity contribution in [2.24, 2.45) is 0 Å². The average Bonchev–Trinajstić information content (AvgIpc) is 2.68. The highest BCUT2D eigenvalue weighted by Crippen LogP contribution is 2.20. The maximum absolute atomic E-state index is 10.7. The molecule has 14 nitrogen and oxygen atoms in total. The van der Waals surface area contributed by atoms with Gasteiger partial charge < -0.3 is 61.0 Å². The smallest absolute Gasteiger partial charge is 0.217 e. The summed E-state index contributed by atoms with van der Waals surface area (Å²) in [5.74, 6) is -0.923. The van der Waals surface area contributed by atoms with Crippen LogP contribution in [0.5, 0.6) is 0 Å². The van der Waals surface area contributed by atoms with Crippen LogP contribution in [0.3, 0.4) is 0 Å². The molecule has 0 radical (unpaired) electrons. The van der Waals surface area contributed by atoms with Crippen molar-refractivity contribution in [1.29, 1.82) is 0 Å². The van der Waals surface area contributed by atoms with Crippen molar-refractivity contribution in [3.8, 4) is 0 Å².